The summed E-state index contributed by atoms with van der Waals surface area (Å²) in [7, 11) is 0. The second-order valence-electron chi connectivity index (χ2n) is 5.47. The van der Waals surface area contributed by atoms with E-state index in [0.29, 0.717) is 0 Å². The number of benzene rings is 1. The minimum Gasteiger partial charge on any atom is -0.319 e. The summed E-state index contributed by atoms with van der Waals surface area (Å²) in [5.41, 5.74) is 8.32. The lowest BCUT2D eigenvalue weighted by Crippen LogP contribution is -2.41. The maximum absolute atomic E-state index is 6.54. The van der Waals surface area contributed by atoms with Gasteiger partial charge in [0.15, 0.2) is 5.82 Å². The molecule has 3 rings (SSSR count). The minimum absolute atomic E-state index is 0.383. The van der Waals surface area contributed by atoms with Gasteiger partial charge in [-0.05, 0) is 47.9 Å². The summed E-state index contributed by atoms with van der Waals surface area (Å²) >= 11 is 0. The third-order valence-corrected chi connectivity index (χ3v) is 3.91. The van der Waals surface area contributed by atoms with Crippen LogP contribution in [0.1, 0.15) is 43.5 Å². The lowest BCUT2D eigenvalue weighted by molar-refractivity contribution is 0.282. The maximum Gasteiger partial charge on any atom is 0.176 e. The van der Waals surface area contributed by atoms with Crippen LogP contribution < -0.4 is 5.73 Å². The molecular weight excluding hydrogens is 238 g/mol. The molecule has 0 saturated heterocycles. The SMILES string of the molecule is Cc1cccc(-n2nnnc2C2(N)CCCCC2)c1. The van der Waals surface area contributed by atoms with Crippen LogP contribution in [0, 0.1) is 6.92 Å². The Bertz CT molecular complexity index is 569. The smallest absolute Gasteiger partial charge is 0.176 e. The van der Waals surface area contributed by atoms with Crippen LogP contribution in [0.3, 0.4) is 0 Å². The van der Waals surface area contributed by atoms with E-state index in [1.807, 2.05) is 12.1 Å². The quantitative estimate of drug-likeness (QED) is 0.894. The van der Waals surface area contributed by atoms with Crippen molar-refractivity contribution in [1.82, 2.24) is 20.2 Å². The molecule has 0 radical (unpaired) electrons. The Morgan fingerprint density at radius 1 is 1.21 bits per heavy atom. The van der Waals surface area contributed by atoms with E-state index in [0.717, 1.165) is 37.2 Å². The van der Waals surface area contributed by atoms with Crippen molar-refractivity contribution in [3.05, 3.63) is 35.7 Å². The van der Waals surface area contributed by atoms with E-state index in [2.05, 4.69) is 34.6 Å². The number of rotatable bonds is 2. The van der Waals surface area contributed by atoms with Crippen LogP contribution in [0.4, 0.5) is 0 Å². The Hall–Kier alpha value is -1.75. The van der Waals surface area contributed by atoms with Gasteiger partial charge in [-0.15, -0.1) is 5.10 Å². The van der Waals surface area contributed by atoms with Gasteiger partial charge < -0.3 is 5.73 Å². The number of hydrogen-bond donors (Lipinski definition) is 1. The first-order valence-electron chi connectivity index (χ1n) is 6.84. The van der Waals surface area contributed by atoms with Gasteiger partial charge in [0.25, 0.3) is 0 Å². The molecule has 0 aliphatic heterocycles. The molecular formula is C14H19N5. The van der Waals surface area contributed by atoms with E-state index in [1.165, 1.54) is 12.0 Å². The predicted molar refractivity (Wildman–Crippen MR) is 72.8 cm³/mol. The van der Waals surface area contributed by atoms with Crippen molar-refractivity contribution in [2.45, 2.75) is 44.6 Å². The van der Waals surface area contributed by atoms with Gasteiger partial charge in [-0.2, -0.15) is 4.68 Å². The van der Waals surface area contributed by atoms with Gasteiger partial charge >= 0.3 is 0 Å². The summed E-state index contributed by atoms with van der Waals surface area (Å²) < 4.78 is 1.79. The first-order valence-corrected chi connectivity index (χ1v) is 6.84. The highest BCUT2D eigenvalue weighted by Gasteiger charge is 2.35. The summed E-state index contributed by atoms with van der Waals surface area (Å²) in [6, 6.07) is 8.16. The normalized spacial score (nSPS) is 18.4. The number of nitrogens with two attached hydrogens (primary N) is 1. The predicted octanol–water partition coefficient (Wildman–Crippen LogP) is 2.09. The zero-order valence-corrected chi connectivity index (χ0v) is 11.2. The molecule has 0 unspecified atom stereocenters. The lowest BCUT2D eigenvalue weighted by atomic mass is 9.82. The summed E-state index contributed by atoms with van der Waals surface area (Å²) in [5, 5.41) is 12.1. The molecule has 1 aromatic carbocycles. The maximum atomic E-state index is 6.54. The Kier molecular flexibility index (Phi) is 3.06. The summed E-state index contributed by atoms with van der Waals surface area (Å²) in [6.07, 6.45) is 5.47. The second kappa shape index (κ2) is 4.74. The summed E-state index contributed by atoms with van der Waals surface area (Å²) in [6.45, 7) is 2.06. The van der Waals surface area contributed by atoms with E-state index in [1.54, 1.807) is 4.68 Å². The molecule has 0 bridgehead atoms. The molecule has 5 heteroatoms. The summed E-state index contributed by atoms with van der Waals surface area (Å²) in [4.78, 5) is 0. The van der Waals surface area contributed by atoms with Gasteiger partial charge in [-0.3, -0.25) is 0 Å². The van der Waals surface area contributed by atoms with Crippen molar-refractivity contribution in [2.75, 3.05) is 0 Å². The fourth-order valence-corrected chi connectivity index (χ4v) is 2.84. The third-order valence-electron chi connectivity index (χ3n) is 3.91. The number of aromatic nitrogens is 4. The highest BCUT2D eigenvalue weighted by atomic mass is 15.5. The second-order valence-corrected chi connectivity index (χ2v) is 5.47. The molecule has 0 atom stereocenters. The van der Waals surface area contributed by atoms with E-state index in [-0.39, 0.29) is 5.54 Å². The van der Waals surface area contributed by atoms with Gasteiger partial charge in [-0.1, -0.05) is 31.4 Å². The Morgan fingerprint density at radius 2 is 2.00 bits per heavy atom. The van der Waals surface area contributed by atoms with Gasteiger partial charge in [0.05, 0.1) is 11.2 Å². The van der Waals surface area contributed by atoms with Crippen LogP contribution in [0.15, 0.2) is 24.3 Å². The molecule has 1 heterocycles. The third kappa shape index (κ3) is 2.26. The highest BCUT2D eigenvalue weighted by molar-refractivity contribution is 5.35. The van der Waals surface area contributed by atoms with Gasteiger partial charge in [0, 0.05) is 0 Å². The monoisotopic (exact) mass is 257 g/mol. The fourth-order valence-electron chi connectivity index (χ4n) is 2.84. The van der Waals surface area contributed by atoms with E-state index in [9.17, 15) is 0 Å². The Morgan fingerprint density at radius 3 is 2.74 bits per heavy atom. The molecule has 2 aromatic rings. The lowest BCUT2D eigenvalue weighted by Gasteiger charge is -2.31. The first-order chi connectivity index (χ1) is 9.19. The molecule has 19 heavy (non-hydrogen) atoms. The van der Waals surface area contributed by atoms with Crippen molar-refractivity contribution in [2.24, 2.45) is 5.73 Å². The van der Waals surface area contributed by atoms with Crippen molar-refractivity contribution in [3.8, 4) is 5.69 Å². The van der Waals surface area contributed by atoms with Crippen LogP contribution >= 0.6 is 0 Å². The average Bonchev–Trinajstić information content (AvgIpc) is 2.89. The van der Waals surface area contributed by atoms with E-state index < -0.39 is 0 Å². The minimum atomic E-state index is -0.383. The molecule has 1 aliphatic rings. The van der Waals surface area contributed by atoms with Gasteiger partial charge in [0.1, 0.15) is 0 Å². The zero-order valence-electron chi connectivity index (χ0n) is 11.2. The molecule has 5 nitrogen and oxygen atoms in total. The molecule has 2 N–H and O–H groups in total. The zero-order chi connectivity index (χ0) is 13.3. The molecule has 1 aliphatic carbocycles. The number of aryl methyl sites for hydroxylation is 1. The van der Waals surface area contributed by atoms with Crippen LogP contribution in [-0.4, -0.2) is 20.2 Å². The molecule has 1 fully saturated rings. The number of nitrogens with zero attached hydrogens (tertiary/aromatic N) is 4. The molecule has 0 spiro atoms. The van der Waals surface area contributed by atoms with Crippen molar-refractivity contribution in [1.29, 1.82) is 0 Å². The number of tetrazole rings is 1. The molecule has 0 amide bonds. The highest BCUT2D eigenvalue weighted by Crippen LogP contribution is 2.34. The Balaban J connectivity index is 2.03. The van der Waals surface area contributed by atoms with Crippen molar-refractivity contribution < 1.29 is 0 Å². The van der Waals surface area contributed by atoms with Crippen LogP contribution in [-0.2, 0) is 5.54 Å². The number of hydrogen-bond acceptors (Lipinski definition) is 4. The topological polar surface area (TPSA) is 69.6 Å². The van der Waals surface area contributed by atoms with Crippen LogP contribution in [0.25, 0.3) is 5.69 Å². The van der Waals surface area contributed by atoms with Gasteiger partial charge in [0.2, 0.25) is 0 Å². The van der Waals surface area contributed by atoms with Crippen LogP contribution in [0.2, 0.25) is 0 Å². The Labute approximate surface area is 112 Å². The van der Waals surface area contributed by atoms with Crippen molar-refractivity contribution >= 4 is 0 Å². The van der Waals surface area contributed by atoms with Crippen LogP contribution in [0.5, 0.6) is 0 Å². The molecule has 1 saturated carbocycles. The standard InChI is InChI=1S/C14H19N5/c1-11-6-5-7-12(10-11)19-13(16-17-18-19)14(15)8-3-2-4-9-14/h5-7,10H,2-4,8-9,15H2,1H3. The van der Waals surface area contributed by atoms with Gasteiger partial charge in [-0.25, -0.2) is 0 Å². The molecule has 1 aromatic heterocycles. The van der Waals surface area contributed by atoms with E-state index in [4.69, 9.17) is 5.73 Å². The van der Waals surface area contributed by atoms with E-state index >= 15 is 0 Å². The average molecular weight is 257 g/mol. The largest absolute Gasteiger partial charge is 0.319 e. The summed E-state index contributed by atoms with van der Waals surface area (Å²) in [5.74, 6) is 0.790. The van der Waals surface area contributed by atoms with Crippen molar-refractivity contribution in [3.63, 3.8) is 0 Å². The molecule has 100 valence electrons. The first kappa shape index (κ1) is 12.3. The fraction of sp³-hybridized carbons (Fsp3) is 0.500.